The van der Waals surface area contributed by atoms with Crippen molar-refractivity contribution in [2.24, 2.45) is 17.8 Å². The number of rotatable bonds is 1. The Morgan fingerprint density at radius 1 is 1.29 bits per heavy atom. The van der Waals surface area contributed by atoms with E-state index in [1.807, 2.05) is 18.2 Å². The number of nitrogens with one attached hydrogen (secondary N) is 1. The van der Waals surface area contributed by atoms with E-state index < -0.39 is 0 Å². The van der Waals surface area contributed by atoms with Crippen LogP contribution in [0.2, 0.25) is 0 Å². The van der Waals surface area contributed by atoms with Crippen molar-refractivity contribution in [2.45, 2.75) is 25.4 Å². The van der Waals surface area contributed by atoms with E-state index in [2.05, 4.69) is 27.4 Å². The van der Waals surface area contributed by atoms with Gasteiger partial charge in [-0.25, -0.2) is 0 Å². The third-order valence-corrected chi connectivity index (χ3v) is 5.77. The highest BCUT2D eigenvalue weighted by Crippen LogP contribution is 2.57. The van der Waals surface area contributed by atoms with Gasteiger partial charge in [0, 0.05) is 12.1 Å². The summed E-state index contributed by atoms with van der Waals surface area (Å²) in [6.07, 6.45) is 7.36. The Hall–Kier alpha value is -2.63. The van der Waals surface area contributed by atoms with E-state index in [9.17, 15) is 9.90 Å². The van der Waals surface area contributed by atoms with Crippen LogP contribution < -0.4 is 10.9 Å². The Kier molecular flexibility index (Phi) is 2.69. The molecule has 6 heteroatoms. The zero-order chi connectivity index (χ0) is 16.4. The molecule has 1 aliphatic heterocycles. The first-order valence-electron chi connectivity index (χ1n) is 8.33. The van der Waals surface area contributed by atoms with E-state index in [-0.39, 0.29) is 29.4 Å². The van der Waals surface area contributed by atoms with Gasteiger partial charge < -0.3 is 10.4 Å². The number of anilines is 1. The fourth-order valence-electron chi connectivity index (χ4n) is 4.70. The Morgan fingerprint density at radius 3 is 2.92 bits per heavy atom. The van der Waals surface area contributed by atoms with Crippen LogP contribution in [0.5, 0.6) is 5.88 Å². The topological polar surface area (TPSA) is 80.0 Å². The van der Waals surface area contributed by atoms with E-state index in [0.717, 1.165) is 12.1 Å². The molecule has 1 fully saturated rings. The van der Waals surface area contributed by atoms with Crippen molar-refractivity contribution >= 4 is 5.95 Å². The number of hydrogen-bond acceptors (Lipinski definition) is 5. The van der Waals surface area contributed by atoms with E-state index in [0.29, 0.717) is 23.3 Å². The van der Waals surface area contributed by atoms with E-state index in [1.54, 1.807) is 17.7 Å². The van der Waals surface area contributed by atoms with Crippen LogP contribution in [0, 0.1) is 24.7 Å². The van der Waals surface area contributed by atoms with Gasteiger partial charge in [-0.1, -0.05) is 18.2 Å². The van der Waals surface area contributed by atoms with Gasteiger partial charge in [-0.2, -0.15) is 4.98 Å². The monoisotopic (exact) mass is 322 g/mol. The standard InChI is InChI=1S/C18H18N4O2/c1-9-16(23)21-18-20-14(12-4-2-3-7-19-12)13-10-5-6-11(8-10)15(13)22(18)17(9)24/h2-7,10-11,13-15,23H,8H2,1H3,(H,20,21). The second kappa shape index (κ2) is 4.69. The SMILES string of the molecule is Cc1c(O)nc2n(c1=O)C1C3C=CC(C3)C1C(c1ccccn1)N2. The molecule has 0 saturated heterocycles. The van der Waals surface area contributed by atoms with Crippen LogP contribution in [0.25, 0.3) is 0 Å². The lowest BCUT2D eigenvalue weighted by Crippen LogP contribution is -2.44. The molecule has 5 atom stereocenters. The predicted molar refractivity (Wildman–Crippen MR) is 88.8 cm³/mol. The minimum absolute atomic E-state index is 0.00911. The van der Waals surface area contributed by atoms with Gasteiger partial charge in [0.1, 0.15) is 0 Å². The highest BCUT2D eigenvalue weighted by atomic mass is 16.3. The minimum Gasteiger partial charge on any atom is -0.493 e. The summed E-state index contributed by atoms with van der Waals surface area (Å²) < 4.78 is 1.76. The smallest absolute Gasteiger partial charge is 0.261 e. The molecule has 0 radical (unpaired) electrons. The molecule has 2 bridgehead atoms. The summed E-state index contributed by atoms with van der Waals surface area (Å²) in [6.45, 7) is 1.63. The van der Waals surface area contributed by atoms with Crippen molar-refractivity contribution < 1.29 is 5.11 Å². The van der Waals surface area contributed by atoms with Crippen molar-refractivity contribution in [3.05, 3.63) is 58.2 Å². The molecule has 5 rings (SSSR count). The first-order chi connectivity index (χ1) is 11.6. The zero-order valence-electron chi connectivity index (χ0n) is 13.3. The lowest BCUT2D eigenvalue weighted by Gasteiger charge is -2.41. The average molecular weight is 322 g/mol. The number of pyridine rings is 1. The quantitative estimate of drug-likeness (QED) is 0.787. The second-order valence-electron chi connectivity index (χ2n) is 6.95. The average Bonchev–Trinajstić information content (AvgIpc) is 3.22. The van der Waals surface area contributed by atoms with Gasteiger partial charge in [0.05, 0.1) is 23.3 Å². The van der Waals surface area contributed by atoms with Crippen LogP contribution in [0.4, 0.5) is 5.95 Å². The molecule has 0 spiro atoms. The van der Waals surface area contributed by atoms with Gasteiger partial charge in [0.25, 0.3) is 5.56 Å². The maximum atomic E-state index is 12.8. The summed E-state index contributed by atoms with van der Waals surface area (Å²) in [6, 6.07) is 5.94. The van der Waals surface area contributed by atoms with Crippen molar-refractivity contribution in [2.75, 3.05) is 5.32 Å². The molecule has 122 valence electrons. The van der Waals surface area contributed by atoms with Gasteiger partial charge >= 0.3 is 0 Å². The highest BCUT2D eigenvalue weighted by Gasteiger charge is 2.53. The summed E-state index contributed by atoms with van der Waals surface area (Å²) in [7, 11) is 0. The van der Waals surface area contributed by atoms with Crippen LogP contribution in [-0.4, -0.2) is 19.6 Å². The normalized spacial score (nSPS) is 32.3. The number of aromatic nitrogens is 3. The molecule has 0 aromatic carbocycles. The number of allylic oxidation sites excluding steroid dienone is 2. The Labute approximate surface area is 138 Å². The Morgan fingerprint density at radius 2 is 2.12 bits per heavy atom. The van der Waals surface area contributed by atoms with Crippen LogP contribution in [0.1, 0.15) is 29.8 Å². The fraction of sp³-hybridized carbons (Fsp3) is 0.389. The molecule has 0 amide bonds. The molecule has 2 aliphatic carbocycles. The molecule has 2 aromatic heterocycles. The molecule has 1 saturated carbocycles. The third kappa shape index (κ3) is 1.68. The van der Waals surface area contributed by atoms with Crippen LogP contribution in [-0.2, 0) is 0 Å². The molecule has 5 unspecified atom stereocenters. The number of nitrogens with zero attached hydrogens (tertiary/aromatic N) is 3. The van der Waals surface area contributed by atoms with Crippen molar-refractivity contribution in [1.29, 1.82) is 0 Å². The maximum absolute atomic E-state index is 12.8. The number of fused-ring (bicyclic) bond motifs is 7. The lowest BCUT2D eigenvalue weighted by molar-refractivity contribution is 0.242. The van der Waals surface area contributed by atoms with Gasteiger partial charge in [0.2, 0.25) is 11.8 Å². The Bertz CT molecular complexity index is 905. The molecular weight excluding hydrogens is 304 g/mol. The minimum atomic E-state index is -0.198. The Balaban J connectivity index is 1.73. The van der Waals surface area contributed by atoms with Crippen LogP contribution >= 0.6 is 0 Å². The molecule has 24 heavy (non-hydrogen) atoms. The second-order valence-corrected chi connectivity index (χ2v) is 6.95. The highest BCUT2D eigenvalue weighted by molar-refractivity contribution is 5.42. The third-order valence-electron chi connectivity index (χ3n) is 5.77. The number of hydrogen-bond donors (Lipinski definition) is 2. The zero-order valence-corrected chi connectivity index (χ0v) is 13.3. The van der Waals surface area contributed by atoms with Gasteiger partial charge in [-0.05, 0) is 37.3 Å². The molecule has 2 aromatic rings. The predicted octanol–water partition coefficient (Wildman–Crippen LogP) is 2.18. The maximum Gasteiger partial charge on any atom is 0.261 e. The van der Waals surface area contributed by atoms with Gasteiger partial charge in [0.15, 0.2) is 0 Å². The fourth-order valence-corrected chi connectivity index (χ4v) is 4.70. The van der Waals surface area contributed by atoms with Crippen molar-refractivity contribution in [3.63, 3.8) is 0 Å². The summed E-state index contributed by atoms with van der Waals surface area (Å²) in [5.41, 5.74) is 1.11. The summed E-state index contributed by atoms with van der Waals surface area (Å²) in [5, 5.41) is 13.4. The molecule has 3 heterocycles. The number of aromatic hydroxyl groups is 1. The van der Waals surface area contributed by atoms with E-state index in [4.69, 9.17) is 0 Å². The largest absolute Gasteiger partial charge is 0.493 e. The molecule has 2 N–H and O–H groups in total. The summed E-state index contributed by atoms with van der Waals surface area (Å²) in [5.74, 6) is 1.30. The summed E-state index contributed by atoms with van der Waals surface area (Å²) in [4.78, 5) is 21.5. The first-order valence-corrected chi connectivity index (χ1v) is 8.33. The van der Waals surface area contributed by atoms with E-state index in [1.165, 1.54) is 0 Å². The molecular formula is C18H18N4O2. The van der Waals surface area contributed by atoms with Crippen LogP contribution in [0.3, 0.4) is 0 Å². The lowest BCUT2D eigenvalue weighted by atomic mass is 9.80. The first kappa shape index (κ1) is 13.8. The van der Waals surface area contributed by atoms with Crippen molar-refractivity contribution in [1.82, 2.24) is 14.5 Å². The summed E-state index contributed by atoms with van der Waals surface area (Å²) >= 11 is 0. The van der Waals surface area contributed by atoms with Gasteiger partial charge in [-0.15, -0.1) is 0 Å². The molecule has 3 aliphatic rings. The van der Waals surface area contributed by atoms with E-state index >= 15 is 0 Å². The van der Waals surface area contributed by atoms with Crippen molar-refractivity contribution in [3.8, 4) is 5.88 Å². The van der Waals surface area contributed by atoms with Gasteiger partial charge in [-0.3, -0.25) is 14.3 Å². The van der Waals surface area contributed by atoms with Crippen LogP contribution in [0.15, 0.2) is 41.3 Å². The molecule has 6 nitrogen and oxygen atoms in total.